The number of esters is 2. The van der Waals surface area contributed by atoms with Crippen LogP contribution >= 0.6 is 15.6 Å². The molecule has 0 aromatic carbocycles. The highest BCUT2D eigenvalue weighted by atomic mass is 31.3. The Morgan fingerprint density at radius 3 is 2.03 bits per heavy atom. The van der Waals surface area contributed by atoms with Gasteiger partial charge in [0.15, 0.2) is 12.3 Å². The second kappa shape index (κ2) is 37.8. The molecule has 1 saturated heterocycles. The first-order valence-electron chi connectivity index (χ1n) is 25.1. The summed E-state index contributed by atoms with van der Waals surface area (Å²) in [7, 11) is -10.9. The number of nitrogen functional groups attached to an aromatic ring is 1. The Hall–Kier alpha value is -3.84. The molecule has 19 nitrogen and oxygen atoms in total. The lowest BCUT2D eigenvalue weighted by atomic mass is 10.1. The largest absolute Gasteiger partial charge is 0.481 e. The summed E-state index contributed by atoms with van der Waals surface area (Å²) in [5.74, 6) is -1.46. The van der Waals surface area contributed by atoms with Crippen molar-refractivity contribution in [1.29, 1.82) is 0 Å². The molecule has 0 saturated carbocycles. The normalized spacial score (nSPS) is 20.2. The first kappa shape index (κ1) is 63.3. The van der Waals surface area contributed by atoms with Crippen LogP contribution in [-0.2, 0) is 46.3 Å². The number of nitrogens with zero attached hydrogens (tertiary/aromatic N) is 2. The number of aliphatic hydroxyl groups excluding tert-OH is 3. The predicted molar refractivity (Wildman–Crippen MR) is 271 cm³/mol. The molecule has 21 heteroatoms. The van der Waals surface area contributed by atoms with E-state index in [4.69, 9.17) is 29.0 Å². The lowest BCUT2D eigenvalue weighted by molar-refractivity contribution is -0.161. The SMILES string of the molecule is CCCCC/C=C\C/C=C\CC(O)/C=C\C=C\CCCC(=O)O[C@H](COC(=O)CCCCCCC/C=C\C=C/CCCCCC)COP(=O)(O)OP(=O)(O)OC[C@H]1O[C@@H](n2ccc(N)nc2=O)[C@H](O)[C@@H]1O. The van der Waals surface area contributed by atoms with E-state index >= 15 is 0 Å². The highest BCUT2D eigenvalue weighted by Crippen LogP contribution is 2.60. The zero-order valence-electron chi connectivity index (χ0n) is 41.6. The van der Waals surface area contributed by atoms with E-state index in [9.17, 15) is 48.6 Å². The molecule has 2 heterocycles. The Kier molecular flexibility index (Phi) is 33.7. The van der Waals surface area contributed by atoms with Crippen LogP contribution in [0.2, 0.25) is 0 Å². The number of unbranched alkanes of at least 4 members (excludes halogenated alkanes) is 13. The topological polar surface area (TPSA) is 286 Å². The summed E-state index contributed by atoms with van der Waals surface area (Å²) in [5.41, 5.74) is 4.57. The molecule has 3 unspecified atom stereocenters. The zero-order chi connectivity index (χ0) is 52.2. The van der Waals surface area contributed by atoms with Gasteiger partial charge in [0.25, 0.3) is 0 Å². The summed E-state index contributed by atoms with van der Waals surface area (Å²) < 4.78 is 56.6. The quantitative estimate of drug-likeness (QED) is 0.0117. The number of carbonyl (C=O) groups excluding carboxylic acids is 2. The van der Waals surface area contributed by atoms with Crippen LogP contribution in [0.1, 0.15) is 155 Å². The van der Waals surface area contributed by atoms with E-state index in [1.54, 1.807) is 24.3 Å². The summed E-state index contributed by atoms with van der Waals surface area (Å²) in [6.45, 7) is 1.94. The number of aliphatic hydroxyl groups is 3. The summed E-state index contributed by atoms with van der Waals surface area (Å²) in [6, 6.07) is 1.24. The van der Waals surface area contributed by atoms with Crippen molar-refractivity contribution in [3.63, 3.8) is 0 Å². The minimum absolute atomic E-state index is 0.0766. The van der Waals surface area contributed by atoms with Crippen LogP contribution in [0.4, 0.5) is 5.82 Å². The number of ether oxygens (including phenoxy) is 3. The lowest BCUT2D eigenvalue weighted by Crippen LogP contribution is -2.36. The molecule has 1 aliphatic heterocycles. The van der Waals surface area contributed by atoms with Crippen molar-refractivity contribution in [3.8, 4) is 0 Å². The summed E-state index contributed by atoms with van der Waals surface area (Å²) in [5, 5.41) is 31.1. The first-order chi connectivity index (χ1) is 34.1. The Balaban J connectivity index is 1.87. The van der Waals surface area contributed by atoms with E-state index in [-0.39, 0.29) is 18.7 Å². The Morgan fingerprint density at radius 2 is 1.32 bits per heavy atom. The van der Waals surface area contributed by atoms with Gasteiger partial charge in [-0.25, -0.2) is 13.9 Å². The minimum atomic E-state index is -5.46. The van der Waals surface area contributed by atoms with Crippen molar-refractivity contribution in [1.82, 2.24) is 9.55 Å². The highest BCUT2D eigenvalue weighted by Gasteiger charge is 2.46. The monoisotopic (exact) mass is 1040 g/mol. The third kappa shape index (κ3) is 30.7. The fraction of sp³-hybridized carbons (Fsp3) is 0.640. The van der Waals surface area contributed by atoms with E-state index in [1.807, 2.05) is 12.2 Å². The van der Waals surface area contributed by atoms with Crippen LogP contribution in [0.15, 0.2) is 90.0 Å². The van der Waals surface area contributed by atoms with Crippen molar-refractivity contribution in [2.45, 2.75) is 185 Å². The number of anilines is 1. The average molecular weight is 1040 g/mol. The molecule has 0 bridgehead atoms. The molecule has 402 valence electrons. The lowest BCUT2D eigenvalue weighted by Gasteiger charge is -2.21. The zero-order valence-corrected chi connectivity index (χ0v) is 43.4. The number of phosphoric ester groups is 2. The molecule has 1 aliphatic rings. The predicted octanol–water partition coefficient (Wildman–Crippen LogP) is 9.08. The Labute approximate surface area is 419 Å². The fourth-order valence-electron chi connectivity index (χ4n) is 6.90. The van der Waals surface area contributed by atoms with E-state index in [0.717, 1.165) is 62.1 Å². The van der Waals surface area contributed by atoms with E-state index in [0.29, 0.717) is 25.7 Å². The smallest absolute Gasteiger partial charge is 0.462 e. The van der Waals surface area contributed by atoms with Crippen LogP contribution < -0.4 is 11.4 Å². The number of hydrogen-bond donors (Lipinski definition) is 6. The summed E-state index contributed by atoms with van der Waals surface area (Å²) >= 11 is 0. The van der Waals surface area contributed by atoms with Crippen molar-refractivity contribution in [2.24, 2.45) is 0 Å². The maximum Gasteiger partial charge on any atom is 0.481 e. The molecule has 0 aliphatic carbocycles. The van der Waals surface area contributed by atoms with Gasteiger partial charge in [-0.05, 0) is 76.7 Å². The van der Waals surface area contributed by atoms with Crippen LogP contribution in [-0.4, -0.2) is 96.9 Å². The van der Waals surface area contributed by atoms with Gasteiger partial charge in [0.1, 0.15) is 30.7 Å². The number of rotatable bonds is 40. The molecule has 2 rings (SSSR count). The van der Waals surface area contributed by atoms with Crippen molar-refractivity contribution in [2.75, 3.05) is 25.6 Å². The van der Waals surface area contributed by atoms with Gasteiger partial charge in [0, 0.05) is 19.0 Å². The molecule has 0 amide bonds. The molecule has 1 aromatic heterocycles. The van der Waals surface area contributed by atoms with Gasteiger partial charge >= 0.3 is 33.3 Å². The van der Waals surface area contributed by atoms with Gasteiger partial charge in [-0.1, -0.05) is 138 Å². The number of hydrogen-bond acceptors (Lipinski definition) is 16. The van der Waals surface area contributed by atoms with E-state index in [1.165, 1.54) is 51.0 Å². The number of phosphoric acid groups is 2. The molecule has 8 atom stereocenters. The molecule has 71 heavy (non-hydrogen) atoms. The van der Waals surface area contributed by atoms with Gasteiger partial charge in [-0.2, -0.15) is 9.29 Å². The second-order valence-electron chi connectivity index (χ2n) is 17.2. The van der Waals surface area contributed by atoms with Gasteiger partial charge < -0.3 is 45.1 Å². The third-order valence-corrected chi connectivity index (χ3v) is 13.5. The molecular formula is C50H81N3O16P2. The second-order valence-corrected chi connectivity index (χ2v) is 20.2. The van der Waals surface area contributed by atoms with Crippen molar-refractivity contribution < 1.29 is 71.4 Å². The fourth-order valence-corrected chi connectivity index (χ4v) is 9.02. The molecule has 1 aromatic rings. The number of carbonyl (C=O) groups is 2. The minimum Gasteiger partial charge on any atom is -0.462 e. The van der Waals surface area contributed by atoms with E-state index in [2.05, 4.69) is 59.6 Å². The highest BCUT2D eigenvalue weighted by molar-refractivity contribution is 7.61. The molecule has 0 spiro atoms. The number of aromatic nitrogens is 2. The third-order valence-electron chi connectivity index (χ3n) is 10.9. The Bertz CT molecular complexity index is 1990. The average Bonchev–Trinajstić information content (AvgIpc) is 3.60. The molecule has 0 radical (unpaired) electrons. The van der Waals surface area contributed by atoms with Crippen LogP contribution in [0.5, 0.6) is 0 Å². The molecule has 7 N–H and O–H groups in total. The van der Waals surface area contributed by atoms with Crippen LogP contribution in [0.25, 0.3) is 0 Å². The van der Waals surface area contributed by atoms with Crippen LogP contribution in [0.3, 0.4) is 0 Å². The maximum absolute atomic E-state index is 12.8. The van der Waals surface area contributed by atoms with Gasteiger partial charge in [-0.3, -0.25) is 23.2 Å². The standard InChI is InChI=1S/C50H81N3O16P2/c1-3-5-7-9-11-13-14-15-16-17-18-20-22-26-30-34-45(55)64-38-42(67-46(56)35-31-27-23-25-29-33-41(54)32-28-24-21-19-12-10-8-6-4-2)39-65-70(60,61)69-71(62,63)66-40-43-47(57)48(58)49(68-43)53-37-36-44(51)52-50(53)59/h12-16,19,23-25,28-29,33,36-37,41-43,47-49,54,57-58H,3-11,17-18,20-22,26-27,30-32,34-35,38-40H2,1-2H3,(H,60,61)(H,62,63)(H2,51,52,59)/b14-13-,16-15-,19-12-,25-23+,28-24-,33-29-/t41?,42-,43-,47-,48-,49-/m1/s1. The van der Waals surface area contributed by atoms with E-state index < -0.39 is 89.8 Å². The van der Waals surface area contributed by atoms with Crippen molar-refractivity contribution in [3.05, 3.63) is 95.7 Å². The number of nitrogens with two attached hydrogens (primary N) is 1. The molecular weight excluding hydrogens is 961 g/mol. The van der Waals surface area contributed by atoms with Gasteiger partial charge in [0.2, 0.25) is 0 Å². The van der Waals surface area contributed by atoms with Gasteiger partial charge in [-0.15, -0.1) is 0 Å². The first-order valence-corrected chi connectivity index (χ1v) is 28.1. The summed E-state index contributed by atoms with van der Waals surface area (Å²) in [6.07, 6.45) is 34.4. The van der Waals surface area contributed by atoms with Crippen molar-refractivity contribution >= 4 is 33.4 Å². The Morgan fingerprint density at radius 1 is 0.746 bits per heavy atom. The summed E-state index contributed by atoms with van der Waals surface area (Å²) in [4.78, 5) is 61.8. The maximum atomic E-state index is 12.8. The molecule has 1 fully saturated rings. The number of allylic oxidation sites excluding steroid dienone is 10. The van der Waals surface area contributed by atoms with Gasteiger partial charge in [0.05, 0.1) is 19.3 Å². The van der Waals surface area contributed by atoms with Crippen LogP contribution in [0, 0.1) is 0 Å².